The maximum absolute atomic E-state index is 12.8. The molecule has 1 atom stereocenters. The molecule has 2 aliphatic heterocycles. The first-order valence-corrected chi connectivity index (χ1v) is 11.6. The molecule has 0 spiro atoms. The van der Waals surface area contributed by atoms with E-state index in [9.17, 15) is 24.0 Å². The number of hydrogen-bond donors (Lipinski definition) is 2. The average molecular weight is 494 g/mol. The van der Waals surface area contributed by atoms with E-state index >= 15 is 0 Å². The summed E-state index contributed by atoms with van der Waals surface area (Å²) in [4.78, 5) is 62.1. The van der Waals surface area contributed by atoms with Crippen molar-refractivity contribution in [2.75, 3.05) is 5.32 Å². The van der Waals surface area contributed by atoms with Gasteiger partial charge in [0, 0.05) is 36.0 Å². The van der Waals surface area contributed by atoms with Crippen LogP contribution in [0.15, 0.2) is 54.2 Å². The topological polar surface area (TPSA) is 113 Å². The van der Waals surface area contributed by atoms with Crippen molar-refractivity contribution in [3.63, 3.8) is 0 Å². The number of piperidine rings is 1. The lowest BCUT2D eigenvalue weighted by atomic mass is 10.0. The zero-order valence-corrected chi connectivity index (χ0v) is 19.9. The van der Waals surface area contributed by atoms with E-state index in [2.05, 4.69) is 10.6 Å². The van der Waals surface area contributed by atoms with Gasteiger partial charge in [0.25, 0.3) is 11.8 Å². The van der Waals surface area contributed by atoms with Crippen LogP contribution in [-0.4, -0.2) is 40.4 Å². The molecule has 0 radical (unpaired) electrons. The van der Waals surface area contributed by atoms with Gasteiger partial charge in [0.05, 0.1) is 0 Å². The summed E-state index contributed by atoms with van der Waals surface area (Å²) < 4.78 is 0. The molecule has 1 fully saturated rings. The van der Waals surface area contributed by atoms with Crippen LogP contribution >= 0.6 is 11.6 Å². The third-order valence-electron chi connectivity index (χ3n) is 6.01. The minimum Gasteiger partial charge on any atom is -0.351 e. The van der Waals surface area contributed by atoms with Crippen LogP contribution in [0.2, 0.25) is 5.02 Å². The minimum atomic E-state index is -1.01. The standard InChI is InChI=1S/C26H24ClN3O5/c1-15-5-6-17(13-20(15)27)12-19(31)8-7-16-3-2-4-18(11-16)28-21-14-24(33)30(26(21)35)22-9-10-23(32)29-25(22)34/h2-6,11,13-14,22,28H,7-10,12H2,1H3,(H,29,32,34). The Balaban J connectivity index is 1.35. The van der Waals surface area contributed by atoms with E-state index in [4.69, 9.17) is 11.6 Å². The van der Waals surface area contributed by atoms with Crippen molar-refractivity contribution in [3.05, 3.63) is 76.0 Å². The number of ketones is 1. The number of anilines is 1. The smallest absolute Gasteiger partial charge is 0.278 e. The van der Waals surface area contributed by atoms with Crippen molar-refractivity contribution in [1.82, 2.24) is 10.2 Å². The fraction of sp³-hybridized carbons (Fsp3) is 0.269. The summed E-state index contributed by atoms with van der Waals surface area (Å²) in [6, 6.07) is 11.8. The van der Waals surface area contributed by atoms with E-state index in [0.29, 0.717) is 30.0 Å². The molecule has 2 aliphatic rings. The second-order valence-electron chi connectivity index (χ2n) is 8.66. The van der Waals surface area contributed by atoms with E-state index in [1.165, 1.54) is 0 Å². The maximum atomic E-state index is 12.8. The molecule has 2 aromatic rings. The van der Waals surface area contributed by atoms with Gasteiger partial charge < -0.3 is 5.32 Å². The van der Waals surface area contributed by atoms with Crippen molar-refractivity contribution in [2.24, 2.45) is 0 Å². The Kier molecular flexibility index (Phi) is 7.12. The average Bonchev–Trinajstić information content (AvgIpc) is 3.08. The Morgan fingerprint density at radius 2 is 1.91 bits per heavy atom. The number of hydrogen-bond acceptors (Lipinski definition) is 6. The van der Waals surface area contributed by atoms with Crippen LogP contribution in [0.1, 0.15) is 36.0 Å². The minimum absolute atomic E-state index is 0.0455. The second-order valence-corrected chi connectivity index (χ2v) is 9.07. The summed E-state index contributed by atoms with van der Waals surface area (Å²) in [7, 11) is 0. The SMILES string of the molecule is Cc1ccc(CC(=O)CCc2cccc(NC3=CC(=O)N(C4CCC(=O)NC4=O)C3=O)c2)cc1Cl. The Morgan fingerprint density at radius 3 is 2.66 bits per heavy atom. The van der Waals surface area contributed by atoms with Gasteiger partial charge in [0.15, 0.2) is 0 Å². The predicted molar refractivity (Wildman–Crippen MR) is 129 cm³/mol. The van der Waals surface area contributed by atoms with E-state index in [1.807, 2.05) is 37.3 Å². The number of amides is 4. The number of carbonyl (C=O) groups excluding carboxylic acids is 5. The molecule has 35 heavy (non-hydrogen) atoms. The van der Waals surface area contributed by atoms with Crippen LogP contribution in [0.25, 0.3) is 0 Å². The Bertz CT molecular complexity index is 1270. The van der Waals surface area contributed by atoms with Gasteiger partial charge in [0.2, 0.25) is 11.8 Å². The number of rotatable bonds is 8. The van der Waals surface area contributed by atoms with Gasteiger partial charge in [-0.1, -0.05) is 35.9 Å². The number of aryl methyl sites for hydroxylation is 2. The van der Waals surface area contributed by atoms with Gasteiger partial charge in [0.1, 0.15) is 17.5 Å². The van der Waals surface area contributed by atoms with Crippen molar-refractivity contribution in [1.29, 1.82) is 0 Å². The highest BCUT2D eigenvalue weighted by Crippen LogP contribution is 2.24. The van der Waals surface area contributed by atoms with E-state index in [-0.39, 0.29) is 24.3 Å². The first-order valence-electron chi connectivity index (χ1n) is 11.3. The molecule has 1 unspecified atom stereocenters. The first kappa shape index (κ1) is 24.3. The van der Waals surface area contributed by atoms with Crippen LogP contribution in [0.5, 0.6) is 0 Å². The summed E-state index contributed by atoms with van der Waals surface area (Å²) in [6.07, 6.45) is 2.47. The number of carbonyl (C=O) groups is 5. The molecule has 0 bridgehead atoms. The molecule has 8 nitrogen and oxygen atoms in total. The number of benzene rings is 2. The van der Waals surface area contributed by atoms with E-state index < -0.39 is 29.7 Å². The molecule has 4 rings (SSSR count). The third kappa shape index (κ3) is 5.66. The molecular weight excluding hydrogens is 470 g/mol. The molecule has 4 amide bonds. The van der Waals surface area contributed by atoms with Crippen LogP contribution in [0.3, 0.4) is 0 Å². The second kappa shape index (κ2) is 10.2. The van der Waals surface area contributed by atoms with Gasteiger partial charge in [-0.2, -0.15) is 0 Å². The molecule has 2 aromatic carbocycles. The highest BCUT2D eigenvalue weighted by Gasteiger charge is 2.42. The number of imide groups is 2. The Hall–Kier alpha value is -3.78. The zero-order valence-electron chi connectivity index (χ0n) is 19.1. The van der Waals surface area contributed by atoms with Crippen LogP contribution < -0.4 is 10.6 Å². The Labute approximate surface area is 207 Å². The monoisotopic (exact) mass is 493 g/mol. The molecule has 0 aromatic heterocycles. The summed E-state index contributed by atoms with van der Waals surface area (Å²) in [6.45, 7) is 1.91. The van der Waals surface area contributed by atoms with Crippen molar-refractivity contribution in [2.45, 2.75) is 45.1 Å². The number of nitrogens with one attached hydrogen (secondary N) is 2. The fourth-order valence-corrected chi connectivity index (χ4v) is 4.31. The normalized spacial score (nSPS) is 17.9. The van der Waals surface area contributed by atoms with Crippen LogP contribution in [0, 0.1) is 6.92 Å². The molecule has 0 saturated carbocycles. The van der Waals surface area contributed by atoms with Gasteiger partial charge in [-0.25, -0.2) is 0 Å². The number of nitrogens with zero attached hydrogens (tertiary/aromatic N) is 1. The number of halogens is 1. The molecular formula is C26H24ClN3O5. The molecule has 0 aliphatic carbocycles. The van der Waals surface area contributed by atoms with Crippen LogP contribution in [-0.2, 0) is 36.8 Å². The van der Waals surface area contributed by atoms with Crippen molar-refractivity contribution < 1.29 is 24.0 Å². The lowest BCUT2D eigenvalue weighted by molar-refractivity contribution is -0.149. The predicted octanol–water partition coefficient (Wildman–Crippen LogP) is 2.86. The van der Waals surface area contributed by atoms with E-state index in [0.717, 1.165) is 27.7 Å². The van der Waals surface area contributed by atoms with Gasteiger partial charge in [-0.3, -0.25) is 34.2 Å². The highest BCUT2D eigenvalue weighted by atomic mass is 35.5. The highest BCUT2D eigenvalue weighted by molar-refractivity contribution is 6.31. The summed E-state index contributed by atoms with van der Waals surface area (Å²) in [5, 5.41) is 5.74. The first-order chi connectivity index (χ1) is 16.7. The lowest BCUT2D eigenvalue weighted by Crippen LogP contribution is -2.54. The Morgan fingerprint density at radius 1 is 1.11 bits per heavy atom. The molecule has 1 saturated heterocycles. The fourth-order valence-electron chi connectivity index (χ4n) is 4.10. The third-order valence-corrected chi connectivity index (χ3v) is 6.42. The van der Waals surface area contributed by atoms with E-state index in [1.54, 1.807) is 12.1 Å². The largest absolute Gasteiger partial charge is 0.351 e. The maximum Gasteiger partial charge on any atom is 0.278 e. The van der Waals surface area contributed by atoms with Crippen molar-refractivity contribution in [3.8, 4) is 0 Å². The molecule has 2 N–H and O–H groups in total. The summed E-state index contributed by atoms with van der Waals surface area (Å²) >= 11 is 6.14. The van der Waals surface area contributed by atoms with Gasteiger partial charge in [-0.05, 0) is 54.7 Å². The summed E-state index contributed by atoms with van der Waals surface area (Å²) in [5.41, 5.74) is 3.36. The van der Waals surface area contributed by atoms with Crippen LogP contribution in [0.4, 0.5) is 5.69 Å². The lowest BCUT2D eigenvalue weighted by Gasteiger charge is -2.28. The molecule has 9 heteroatoms. The van der Waals surface area contributed by atoms with Gasteiger partial charge in [-0.15, -0.1) is 0 Å². The molecule has 180 valence electrons. The van der Waals surface area contributed by atoms with Crippen molar-refractivity contribution >= 4 is 46.7 Å². The number of Topliss-reactive ketones (excluding diaryl/α,β-unsaturated/α-hetero) is 1. The summed E-state index contributed by atoms with van der Waals surface area (Å²) in [5.74, 6) is -2.22. The quantitative estimate of drug-likeness (QED) is 0.547. The zero-order chi connectivity index (χ0) is 25.1. The van der Waals surface area contributed by atoms with Gasteiger partial charge >= 0.3 is 0 Å². The molecule has 2 heterocycles.